The number of anilines is 1. The highest BCUT2D eigenvalue weighted by Crippen LogP contribution is 2.45. The molecule has 1 spiro atoms. The van der Waals surface area contributed by atoms with Crippen molar-refractivity contribution in [1.82, 2.24) is 10.2 Å². The number of benzene rings is 3. The normalized spacial score (nSPS) is 17.2. The van der Waals surface area contributed by atoms with E-state index in [9.17, 15) is 27.2 Å². The van der Waals surface area contributed by atoms with Crippen LogP contribution in [0.15, 0.2) is 60.7 Å². The Morgan fingerprint density at radius 2 is 1.75 bits per heavy atom. The van der Waals surface area contributed by atoms with Crippen molar-refractivity contribution in [2.24, 2.45) is 0 Å². The van der Waals surface area contributed by atoms with E-state index in [1.165, 1.54) is 41.3 Å². The fourth-order valence-electron chi connectivity index (χ4n) is 5.68. The molecule has 1 atom stereocenters. The van der Waals surface area contributed by atoms with Gasteiger partial charge in [-0.05, 0) is 66.6 Å². The molecule has 0 radical (unpaired) electrons. The first kappa shape index (κ1) is 31.9. The van der Waals surface area contributed by atoms with Gasteiger partial charge in [-0.2, -0.15) is 0 Å². The lowest BCUT2D eigenvalue weighted by Crippen LogP contribution is -2.51. The second kappa shape index (κ2) is 12.8. The minimum Gasteiger partial charge on any atom is -0.437 e. The molecule has 0 aliphatic carbocycles. The Morgan fingerprint density at radius 1 is 1.05 bits per heavy atom. The molecule has 1 N–H and O–H groups in total. The van der Waals surface area contributed by atoms with Gasteiger partial charge in [0.25, 0.3) is 0 Å². The number of hydrogen-bond donors (Lipinski definition) is 1. The maximum Gasteiger partial charge on any atom is 0.573 e. The van der Waals surface area contributed by atoms with Gasteiger partial charge < -0.3 is 19.7 Å². The predicted molar refractivity (Wildman–Crippen MR) is 157 cm³/mol. The second-order valence-electron chi connectivity index (χ2n) is 10.8. The van der Waals surface area contributed by atoms with E-state index in [0.717, 1.165) is 0 Å². The van der Waals surface area contributed by atoms with E-state index in [1.54, 1.807) is 31.3 Å². The van der Waals surface area contributed by atoms with Gasteiger partial charge in [-0.25, -0.2) is 9.18 Å². The van der Waals surface area contributed by atoms with Crippen molar-refractivity contribution in [3.05, 3.63) is 93.2 Å². The Bertz CT molecular complexity index is 1530. The first-order valence-electron chi connectivity index (χ1n) is 13.9. The molecule has 3 aromatic carbocycles. The van der Waals surface area contributed by atoms with E-state index < -0.39 is 29.8 Å². The number of rotatable bonds is 8. The number of likely N-dealkylation sites (tertiary alicyclic amines) is 1. The van der Waals surface area contributed by atoms with Crippen LogP contribution in [-0.4, -0.2) is 49.9 Å². The third-order valence-electron chi connectivity index (χ3n) is 8.05. The molecule has 44 heavy (non-hydrogen) atoms. The van der Waals surface area contributed by atoms with E-state index in [1.807, 2.05) is 0 Å². The summed E-state index contributed by atoms with van der Waals surface area (Å²) >= 11 is 12.4. The van der Waals surface area contributed by atoms with Crippen LogP contribution >= 0.6 is 23.2 Å². The van der Waals surface area contributed by atoms with Crippen LogP contribution < -0.4 is 15.0 Å². The Balaban J connectivity index is 1.25. The van der Waals surface area contributed by atoms with E-state index in [-0.39, 0.29) is 18.2 Å². The third-order valence-corrected chi connectivity index (χ3v) is 8.79. The highest BCUT2D eigenvalue weighted by atomic mass is 35.5. The minimum absolute atomic E-state index is 0.0883. The number of carbonyl (C=O) groups excluding carboxylic acids is 2. The van der Waals surface area contributed by atoms with Gasteiger partial charge in [0.1, 0.15) is 17.2 Å². The number of hydrogen-bond acceptors (Lipinski definition) is 5. The van der Waals surface area contributed by atoms with Crippen molar-refractivity contribution >= 4 is 40.9 Å². The molecule has 7 nitrogen and oxygen atoms in total. The predicted octanol–water partition coefficient (Wildman–Crippen LogP) is 7.40. The monoisotopic (exact) mass is 653 g/mol. The van der Waals surface area contributed by atoms with Gasteiger partial charge in [0, 0.05) is 45.1 Å². The largest absolute Gasteiger partial charge is 0.573 e. The van der Waals surface area contributed by atoms with E-state index in [4.69, 9.17) is 27.9 Å². The topological polar surface area (TPSA) is 71.1 Å². The molecular formula is C31H29Cl2F4N3O4. The maximum atomic E-state index is 14.2. The molecule has 2 aliphatic rings. The Morgan fingerprint density at radius 3 is 2.41 bits per heavy atom. The fraction of sp³-hybridized carbons (Fsp3) is 0.355. The van der Waals surface area contributed by atoms with Gasteiger partial charge in [0.15, 0.2) is 0 Å². The van der Waals surface area contributed by atoms with Crippen molar-refractivity contribution in [1.29, 1.82) is 0 Å². The second-order valence-corrected chi connectivity index (χ2v) is 11.7. The fourth-order valence-corrected chi connectivity index (χ4v) is 5.98. The van der Waals surface area contributed by atoms with Crippen LogP contribution in [0, 0.1) is 5.82 Å². The highest BCUT2D eigenvalue weighted by Gasteiger charge is 2.46. The Hall–Kier alpha value is -3.54. The van der Waals surface area contributed by atoms with Gasteiger partial charge >= 0.3 is 12.5 Å². The molecule has 2 amide bonds. The van der Waals surface area contributed by atoms with Gasteiger partial charge in [-0.15, -0.1) is 13.2 Å². The molecule has 2 aliphatic heterocycles. The lowest BCUT2D eigenvalue weighted by Gasteiger charge is -2.46. The average Bonchev–Trinajstić information content (AvgIpc) is 2.97. The van der Waals surface area contributed by atoms with E-state index in [0.29, 0.717) is 71.3 Å². The summed E-state index contributed by atoms with van der Waals surface area (Å²) in [5.41, 5.74) is 1.58. The molecule has 0 bridgehead atoms. The molecule has 1 fully saturated rings. The van der Waals surface area contributed by atoms with Gasteiger partial charge in [0.2, 0.25) is 5.91 Å². The van der Waals surface area contributed by atoms with Crippen LogP contribution in [0.3, 0.4) is 0 Å². The van der Waals surface area contributed by atoms with E-state index >= 15 is 0 Å². The molecule has 1 saturated heterocycles. The number of alkyl halides is 3. The summed E-state index contributed by atoms with van der Waals surface area (Å²) in [6, 6.07) is 14.6. The van der Waals surface area contributed by atoms with Crippen LogP contribution in [-0.2, 0) is 21.7 Å². The number of amides is 2. The zero-order chi connectivity index (χ0) is 31.6. The van der Waals surface area contributed by atoms with E-state index in [2.05, 4.69) is 15.0 Å². The number of ether oxygens (including phenoxy) is 2. The molecular weight excluding hydrogens is 625 g/mol. The molecule has 13 heteroatoms. The number of piperidine rings is 1. The smallest absolute Gasteiger partial charge is 0.437 e. The lowest BCUT2D eigenvalue weighted by atomic mass is 9.81. The standard InChI is InChI=1S/C31H29Cl2F4N3O4/c1-39-27-9-5-21(34)17-24(27)30(44-29(39)42)11-14-40(15-12-30)13-10-23(20-4-8-25(32)26(33)16-20)28(41)38-18-19-2-6-22(7-3-19)43-31(35,36)37/h2-9,16-17,23H,10-15,18H2,1H3,(H,38,41). The van der Waals surface area contributed by atoms with Crippen molar-refractivity contribution in [3.8, 4) is 5.75 Å². The minimum atomic E-state index is -4.79. The van der Waals surface area contributed by atoms with Crippen LogP contribution in [0.25, 0.3) is 0 Å². The zero-order valence-electron chi connectivity index (χ0n) is 23.6. The molecule has 2 heterocycles. The molecule has 0 aromatic heterocycles. The number of carbonyl (C=O) groups is 2. The van der Waals surface area contributed by atoms with Crippen LogP contribution in [0.4, 0.5) is 28.0 Å². The first-order valence-corrected chi connectivity index (χ1v) is 14.7. The number of halogens is 6. The zero-order valence-corrected chi connectivity index (χ0v) is 25.1. The number of nitrogens with one attached hydrogen (secondary N) is 1. The average molecular weight is 654 g/mol. The van der Waals surface area contributed by atoms with Crippen LogP contribution in [0.5, 0.6) is 5.75 Å². The van der Waals surface area contributed by atoms with Crippen molar-refractivity contribution in [3.63, 3.8) is 0 Å². The number of nitrogens with zero attached hydrogens (tertiary/aromatic N) is 2. The molecule has 5 rings (SSSR count). The molecule has 1 unspecified atom stereocenters. The summed E-state index contributed by atoms with van der Waals surface area (Å²) in [5, 5.41) is 3.52. The molecule has 234 valence electrons. The summed E-state index contributed by atoms with van der Waals surface area (Å²) in [7, 11) is 1.59. The summed E-state index contributed by atoms with van der Waals surface area (Å²) in [6.07, 6.45) is -3.95. The van der Waals surface area contributed by atoms with Gasteiger partial charge in [-0.1, -0.05) is 41.4 Å². The van der Waals surface area contributed by atoms with Gasteiger partial charge in [-0.3, -0.25) is 9.69 Å². The SMILES string of the molecule is CN1C(=O)OC2(CCN(CCC(C(=O)NCc3ccc(OC(F)(F)F)cc3)c3ccc(Cl)c(Cl)c3)CC2)c2cc(F)ccc21. The molecule has 0 saturated carbocycles. The van der Waals surface area contributed by atoms with Crippen molar-refractivity contribution in [2.75, 3.05) is 31.6 Å². The summed E-state index contributed by atoms with van der Waals surface area (Å²) < 4.78 is 61.4. The van der Waals surface area contributed by atoms with Gasteiger partial charge in [0.05, 0.1) is 21.7 Å². The van der Waals surface area contributed by atoms with Crippen molar-refractivity contribution < 1.29 is 36.6 Å². The Kier molecular flexibility index (Phi) is 9.29. The maximum absolute atomic E-state index is 14.2. The van der Waals surface area contributed by atoms with Crippen molar-refractivity contribution in [2.45, 2.75) is 43.7 Å². The highest BCUT2D eigenvalue weighted by molar-refractivity contribution is 6.42. The third kappa shape index (κ3) is 7.22. The van der Waals surface area contributed by atoms with Crippen LogP contribution in [0.2, 0.25) is 10.0 Å². The first-order chi connectivity index (χ1) is 20.8. The quantitative estimate of drug-likeness (QED) is 0.257. The molecule has 3 aromatic rings. The number of fused-ring (bicyclic) bond motifs is 2. The summed E-state index contributed by atoms with van der Waals surface area (Å²) in [5.74, 6) is -1.66. The Labute approximate surface area is 261 Å². The summed E-state index contributed by atoms with van der Waals surface area (Å²) in [6.45, 7) is 1.72. The lowest BCUT2D eigenvalue weighted by molar-refractivity contribution is -0.274. The van der Waals surface area contributed by atoms with Crippen LogP contribution in [0.1, 0.15) is 41.9 Å². The summed E-state index contributed by atoms with van der Waals surface area (Å²) in [4.78, 5) is 29.6.